The van der Waals surface area contributed by atoms with E-state index < -0.39 is 5.60 Å². The van der Waals surface area contributed by atoms with Crippen molar-refractivity contribution in [3.8, 4) is 5.88 Å². The van der Waals surface area contributed by atoms with Crippen molar-refractivity contribution in [1.29, 1.82) is 0 Å². The van der Waals surface area contributed by atoms with Crippen molar-refractivity contribution in [1.82, 2.24) is 9.88 Å². The summed E-state index contributed by atoms with van der Waals surface area (Å²) in [5.41, 5.74) is -0.0676. The van der Waals surface area contributed by atoms with Crippen LogP contribution in [0.4, 0.5) is 9.18 Å². The molecule has 2 fully saturated rings. The van der Waals surface area contributed by atoms with E-state index in [1.54, 1.807) is 12.3 Å². The standard InChI is InChI=1S/C22H32FIN2O3/c1-21(2,3)29-20(27)26-13-10-22(11-14-26)8-4-16(5-9-22)7-15-28-19-18(23)17(24)6-12-25-19/h6,12,16H,4-5,7-11,13-15H2,1-3H3. The zero-order chi connectivity index (χ0) is 21.1. The van der Waals surface area contributed by atoms with Gasteiger partial charge in [0.05, 0.1) is 10.2 Å². The number of halogens is 2. The second kappa shape index (κ2) is 9.35. The average molecular weight is 518 g/mol. The lowest BCUT2D eigenvalue weighted by atomic mass is 9.65. The van der Waals surface area contributed by atoms with Crippen molar-refractivity contribution >= 4 is 28.7 Å². The molecule has 1 aliphatic carbocycles. The zero-order valence-corrected chi connectivity index (χ0v) is 19.8. The van der Waals surface area contributed by atoms with Crippen LogP contribution < -0.4 is 4.74 Å². The highest BCUT2D eigenvalue weighted by atomic mass is 127. The summed E-state index contributed by atoms with van der Waals surface area (Å²) in [5, 5.41) is 0. The fraction of sp³-hybridized carbons (Fsp3) is 0.727. The summed E-state index contributed by atoms with van der Waals surface area (Å²) >= 11 is 1.95. The summed E-state index contributed by atoms with van der Waals surface area (Å²) < 4.78 is 25.6. The molecule has 1 aromatic heterocycles. The Bertz CT molecular complexity index is 704. The second-order valence-corrected chi connectivity index (χ2v) is 10.6. The molecule has 1 saturated heterocycles. The second-order valence-electron chi connectivity index (χ2n) is 9.46. The van der Waals surface area contributed by atoms with E-state index >= 15 is 0 Å². The molecule has 0 unspecified atom stereocenters. The maximum Gasteiger partial charge on any atom is 0.410 e. The first kappa shape index (κ1) is 22.6. The minimum absolute atomic E-state index is 0.110. The summed E-state index contributed by atoms with van der Waals surface area (Å²) in [7, 11) is 0. The van der Waals surface area contributed by atoms with Crippen LogP contribution in [0.1, 0.15) is 65.7 Å². The Kier molecular flexibility index (Phi) is 7.27. The highest BCUT2D eigenvalue weighted by molar-refractivity contribution is 14.1. The molecular weight excluding hydrogens is 486 g/mol. The average Bonchev–Trinajstić information content (AvgIpc) is 2.66. The molecule has 7 heteroatoms. The summed E-state index contributed by atoms with van der Waals surface area (Å²) in [5.74, 6) is 0.362. The zero-order valence-electron chi connectivity index (χ0n) is 17.7. The van der Waals surface area contributed by atoms with Crippen LogP contribution in [0.5, 0.6) is 5.88 Å². The molecule has 0 bridgehead atoms. The fourth-order valence-corrected chi connectivity index (χ4v) is 4.79. The van der Waals surface area contributed by atoms with E-state index in [1.807, 2.05) is 48.3 Å². The van der Waals surface area contributed by atoms with Gasteiger partial charge in [-0.05, 0) is 106 Å². The van der Waals surface area contributed by atoms with Gasteiger partial charge >= 0.3 is 6.09 Å². The van der Waals surface area contributed by atoms with E-state index in [0.717, 1.165) is 32.4 Å². The summed E-state index contributed by atoms with van der Waals surface area (Å²) in [6.07, 6.45) is 9.22. The van der Waals surface area contributed by atoms with Gasteiger partial charge in [-0.3, -0.25) is 0 Å². The molecule has 29 heavy (non-hydrogen) atoms. The van der Waals surface area contributed by atoms with Crippen molar-refractivity contribution in [2.24, 2.45) is 11.3 Å². The monoisotopic (exact) mass is 518 g/mol. The lowest BCUT2D eigenvalue weighted by Crippen LogP contribution is -2.46. The van der Waals surface area contributed by atoms with Crippen molar-refractivity contribution in [2.75, 3.05) is 19.7 Å². The molecule has 2 aliphatic rings. The number of hydrogen-bond acceptors (Lipinski definition) is 4. The number of carbonyl (C=O) groups is 1. The predicted molar refractivity (Wildman–Crippen MR) is 118 cm³/mol. The first-order valence-electron chi connectivity index (χ1n) is 10.6. The summed E-state index contributed by atoms with van der Waals surface area (Å²) in [4.78, 5) is 18.1. The molecule has 0 atom stereocenters. The van der Waals surface area contributed by atoms with Crippen LogP contribution in [0.3, 0.4) is 0 Å². The molecule has 0 N–H and O–H groups in total. The van der Waals surface area contributed by atoms with E-state index in [4.69, 9.17) is 9.47 Å². The lowest BCUT2D eigenvalue weighted by molar-refractivity contribution is 0.000683. The fourth-order valence-electron chi connectivity index (χ4n) is 4.39. The molecular formula is C22H32FIN2O3. The third-order valence-electron chi connectivity index (χ3n) is 6.22. The van der Waals surface area contributed by atoms with Gasteiger partial charge in [0.25, 0.3) is 5.88 Å². The van der Waals surface area contributed by atoms with Crippen molar-refractivity contribution < 1.29 is 18.7 Å². The summed E-state index contributed by atoms with van der Waals surface area (Å²) in [6.45, 7) is 7.81. The Balaban J connectivity index is 1.39. The largest absolute Gasteiger partial charge is 0.476 e. The molecule has 5 nitrogen and oxygen atoms in total. The number of aromatic nitrogens is 1. The number of piperidine rings is 1. The number of ether oxygens (including phenoxy) is 2. The number of hydrogen-bond donors (Lipinski definition) is 0. The van der Waals surface area contributed by atoms with Crippen LogP contribution >= 0.6 is 22.6 Å². The third-order valence-corrected chi connectivity index (χ3v) is 7.05. The van der Waals surface area contributed by atoms with Gasteiger partial charge in [0.15, 0.2) is 5.82 Å². The van der Waals surface area contributed by atoms with E-state index in [0.29, 0.717) is 21.5 Å². The number of amides is 1. The van der Waals surface area contributed by atoms with Gasteiger partial charge in [-0.15, -0.1) is 0 Å². The molecule has 1 amide bonds. The molecule has 0 radical (unpaired) electrons. The number of pyridine rings is 1. The minimum Gasteiger partial charge on any atom is -0.476 e. The normalized spacial score (nSPS) is 20.0. The van der Waals surface area contributed by atoms with Crippen molar-refractivity contribution in [2.45, 2.75) is 71.3 Å². The van der Waals surface area contributed by atoms with Gasteiger partial charge in [-0.25, -0.2) is 9.78 Å². The number of carbonyl (C=O) groups excluding carboxylic acids is 1. The van der Waals surface area contributed by atoms with Crippen molar-refractivity contribution in [3.05, 3.63) is 21.7 Å². The van der Waals surface area contributed by atoms with Crippen LogP contribution in [0.2, 0.25) is 0 Å². The Labute approximate surface area is 186 Å². The molecule has 1 aromatic rings. The maximum atomic E-state index is 14.0. The highest BCUT2D eigenvalue weighted by Gasteiger charge is 2.39. The third kappa shape index (κ3) is 6.18. The summed E-state index contributed by atoms with van der Waals surface area (Å²) in [6, 6.07) is 1.64. The number of rotatable bonds is 4. The Hall–Kier alpha value is -1.12. The molecule has 1 aliphatic heterocycles. The van der Waals surface area contributed by atoms with Crippen LogP contribution in [0, 0.1) is 20.7 Å². The molecule has 0 aromatic carbocycles. The molecule has 2 heterocycles. The van der Waals surface area contributed by atoms with Gasteiger partial charge in [-0.1, -0.05) is 0 Å². The number of likely N-dealkylation sites (tertiary alicyclic amines) is 1. The first-order chi connectivity index (χ1) is 13.7. The van der Waals surface area contributed by atoms with Gasteiger partial charge in [0, 0.05) is 19.3 Å². The van der Waals surface area contributed by atoms with Crippen LogP contribution in [-0.4, -0.2) is 41.3 Å². The van der Waals surface area contributed by atoms with Crippen LogP contribution in [0.25, 0.3) is 0 Å². The molecule has 1 saturated carbocycles. The van der Waals surface area contributed by atoms with E-state index in [2.05, 4.69) is 4.98 Å². The lowest BCUT2D eigenvalue weighted by Gasteiger charge is -2.46. The van der Waals surface area contributed by atoms with Crippen molar-refractivity contribution in [3.63, 3.8) is 0 Å². The molecule has 3 rings (SSSR count). The van der Waals surface area contributed by atoms with Gasteiger partial charge in [-0.2, -0.15) is 4.39 Å². The minimum atomic E-state index is -0.442. The van der Waals surface area contributed by atoms with E-state index in [-0.39, 0.29) is 17.8 Å². The number of nitrogens with zero attached hydrogens (tertiary/aromatic N) is 2. The Morgan fingerprint density at radius 3 is 2.55 bits per heavy atom. The van der Waals surface area contributed by atoms with E-state index in [9.17, 15) is 9.18 Å². The first-order valence-corrected chi connectivity index (χ1v) is 11.7. The van der Waals surface area contributed by atoms with Gasteiger partial charge < -0.3 is 14.4 Å². The maximum absolute atomic E-state index is 14.0. The van der Waals surface area contributed by atoms with Gasteiger partial charge in [0.2, 0.25) is 0 Å². The van der Waals surface area contributed by atoms with Crippen LogP contribution in [-0.2, 0) is 4.74 Å². The quantitative estimate of drug-likeness (QED) is 0.473. The Morgan fingerprint density at radius 1 is 1.28 bits per heavy atom. The predicted octanol–water partition coefficient (Wildman–Crippen LogP) is 5.80. The smallest absolute Gasteiger partial charge is 0.410 e. The SMILES string of the molecule is CC(C)(C)OC(=O)N1CCC2(CCC(CCOc3nccc(I)c3F)CC2)CC1. The highest BCUT2D eigenvalue weighted by Crippen LogP contribution is 2.47. The Morgan fingerprint density at radius 2 is 1.93 bits per heavy atom. The van der Waals surface area contributed by atoms with Crippen LogP contribution in [0.15, 0.2) is 12.3 Å². The molecule has 1 spiro atoms. The van der Waals surface area contributed by atoms with E-state index in [1.165, 1.54) is 25.7 Å². The van der Waals surface area contributed by atoms with Gasteiger partial charge in [0.1, 0.15) is 5.60 Å². The topological polar surface area (TPSA) is 51.7 Å². The molecule has 162 valence electrons.